The van der Waals surface area contributed by atoms with Crippen LogP contribution in [0, 0.1) is 5.92 Å². The number of fused-ring (bicyclic) bond motifs is 1. The maximum absolute atomic E-state index is 6.28. The van der Waals surface area contributed by atoms with E-state index in [-0.39, 0.29) is 0 Å². The first-order valence-corrected chi connectivity index (χ1v) is 9.27. The second-order valence-corrected chi connectivity index (χ2v) is 7.60. The van der Waals surface area contributed by atoms with E-state index in [0.717, 1.165) is 18.0 Å². The van der Waals surface area contributed by atoms with Crippen molar-refractivity contribution < 1.29 is 4.74 Å². The summed E-state index contributed by atoms with van der Waals surface area (Å²) in [6.45, 7) is 0. The Balaban J connectivity index is 1.49. The lowest BCUT2D eigenvalue weighted by atomic mass is 9.86. The van der Waals surface area contributed by atoms with Gasteiger partial charge in [-0.3, -0.25) is 0 Å². The van der Waals surface area contributed by atoms with Crippen LogP contribution >= 0.6 is 11.8 Å². The van der Waals surface area contributed by atoms with E-state index in [0.29, 0.717) is 17.3 Å². The van der Waals surface area contributed by atoms with E-state index >= 15 is 0 Å². The van der Waals surface area contributed by atoms with E-state index < -0.39 is 0 Å². The summed E-state index contributed by atoms with van der Waals surface area (Å²) in [6, 6.07) is 20.8. The largest absolute Gasteiger partial charge is 0.476 e. The van der Waals surface area contributed by atoms with Gasteiger partial charge in [0.05, 0.1) is 5.69 Å². The third-order valence-electron chi connectivity index (χ3n) is 4.64. The number of aliphatic imine (C=N–C) groups is 1. The third-order valence-corrected chi connectivity index (χ3v) is 6.00. The highest BCUT2D eigenvalue weighted by atomic mass is 32.2. The summed E-state index contributed by atoms with van der Waals surface area (Å²) >= 11 is 1.97. The highest BCUT2D eigenvalue weighted by Gasteiger charge is 2.41. The van der Waals surface area contributed by atoms with Crippen LogP contribution in [0.25, 0.3) is 0 Å². The summed E-state index contributed by atoms with van der Waals surface area (Å²) in [5.41, 5.74) is 0.994. The number of nitrogens with zero attached hydrogens (tertiary/aromatic N) is 1. The van der Waals surface area contributed by atoms with Crippen LogP contribution < -0.4 is 0 Å². The molecule has 1 saturated heterocycles. The molecule has 0 aromatic heterocycles. The van der Waals surface area contributed by atoms with Crippen LogP contribution in [-0.4, -0.2) is 17.3 Å². The monoisotopic (exact) mass is 323 g/mol. The van der Waals surface area contributed by atoms with Crippen molar-refractivity contribution >= 4 is 23.3 Å². The van der Waals surface area contributed by atoms with Gasteiger partial charge in [-0.05, 0) is 37.1 Å². The van der Waals surface area contributed by atoms with E-state index in [4.69, 9.17) is 9.73 Å². The van der Waals surface area contributed by atoms with Gasteiger partial charge in [0.25, 0.3) is 0 Å². The van der Waals surface area contributed by atoms with Crippen molar-refractivity contribution in [2.75, 3.05) is 0 Å². The molecule has 0 amide bonds. The molecule has 0 spiro atoms. The fraction of sp³-hybridized carbons (Fsp3) is 0.350. The lowest BCUT2D eigenvalue weighted by Crippen LogP contribution is -2.32. The molecule has 2 aromatic rings. The van der Waals surface area contributed by atoms with Gasteiger partial charge in [-0.25, -0.2) is 4.99 Å². The molecule has 1 aliphatic carbocycles. The first kappa shape index (κ1) is 14.8. The summed E-state index contributed by atoms with van der Waals surface area (Å²) in [6.07, 6.45) is 5.11. The van der Waals surface area contributed by atoms with E-state index in [9.17, 15) is 0 Å². The highest BCUT2D eigenvalue weighted by molar-refractivity contribution is 8.00. The summed E-state index contributed by atoms with van der Waals surface area (Å²) < 4.78 is 6.28. The van der Waals surface area contributed by atoms with E-state index in [1.165, 1.54) is 24.2 Å². The molecule has 3 heteroatoms. The van der Waals surface area contributed by atoms with Crippen molar-refractivity contribution in [3.63, 3.8) is 0 Å². The molecule has 2 nitrogen and oxygen atoms in total. The lowest BCUT2D eigenvalue weighted by Gasteiger charge is -2.31. The average molecular weight is 323 g/mol. The second-order valence-electron chi connectivity index (χ2n) is 6.29. The molecule has 1 aliphatic heterocycles. The van der Waals surface area contributed by atoms with Crippen LogP contribution in [0.1, 0.15) is 25.7 Å². The van der Waals surface area contributed by atoms with Crippen LogP contribution in [-0.2, 0) is 4.74 Å². The quantitative estimate of drug-likeness (QED) is 0.747. The molecule has 2 aliphatic rings. The fourth-order valence-corrected chi connectivity index (χ4v) is 4.91. The van der Waals surface area contributed by atoms with Crippen molar-refractivity contribution in [2.45, 2.75) is 41.9 Å². The smallest absolute Gasteiger partial charge is 0.189 e. The Bertz CT molecular complexity index is 671. The van der Waals surface area contributed by atoms with Crippen LogP contribution in [0.15, 0.2) is 70.6 Å². The van der Waals surface area contributed by atoms with Gasteiger partial charge in [-0.15, -0.1) is 11.8 Å². The standard InChI is InChI=1S/C20H21NOS/c1-3-9-16(10-4-1)21-19-14-15-8-7-13-18(20(15)22-19)23-17-11-5-2-6-12-17/h1-6,9-12,15,18,20H,7-8,13-14H2. The Labute approximate surface area is 142 Å². The zero-order valence-electron chi connectivity index (χ0n) is 13.1. The average Bonchev–Trinajstić information content (AvgIpc) is 3.00. The maximum atomic E-state index is 6.28. The minimum atomic E-state index is 0.316. The summed E-state index contributed by atoms with van der Waals surface area (Å²) in [7, 11) is 0. The van der Waals surface area contributed by atoms with Crippen LogP contribution in [0.2, 0.25) is 0 Å². The predicted molar refractivity (Wildman–Crippen MR) is 96.5 cm³/mol. The highest BCUT2D eigenvalue weighted by Crippen LogP contribution is 2.43. The van der Waals surface area contributed by atoms with Gasteiger partial charge in [-0.1, -0.05) is 42.8 Å². The first-order chi connectivity index (χ1) is 11.4. The Morgan fingerprint density at radius 2 is 1.65 bits per heavy atom. The molecule has 0 bridgehead atoms. The Kier molecular flexibility index (Phi) is 4.38. The third kappa shape index (κ3) is 3.45. The van der Waals surface area contributed by atoms with Gasteiger partial charge in [0.2, 0.25) is 0 Å². The topological polar surface area (TPSA) is 21.6 Å². The molecule has 4 rings (SSSR count). The number of thioether (sulfide) groups is 1. The van der Waals surface area contributed by atoms with Crippen molar-refractivity contribution in [1.82, 2.24) is 0 Å². The molecule has 1 heterocycles. The minimum absolute atomic E-state index is 0.316. The second kappa shape index (κ2) is 6.79. The molecule has 1 saturated carbocycles. The lowest BCUT2D eigenvalue weighted by molar-refractivity contribution is 0.137. The van der Waals surface area contributed by atoms with Crippen LogP contribution in [0.3, 0.4) is 0 Å². The number of rotatable bonds is 3. The number of hydrogen-bond donors (Lipinski definition) is 0. The molecule has 0 radical (unpaired) electrons. The van der Waals surface area contributed by atoms with Crippen molar-refractivity contribution in [2.24, 2.45) is 10.9 Å². The summed E-state index contributed by atoms with van der Waals surface area (Å²) in [4.78, 5) is 6.05. The molecular formula is C20H21NOS. The number of ether oxygens (including phenoxy) is 1. The zero-order valence-corrected chi connectivity index (χ0v) is 13.9. The number of para-hydroxylation sites is 1. The summed E-state index contributed by atoms with van der Waals surface area (Å²) in [5, 5.41) is 0.541. The van der Waals surface area contributed by atoms with Crippen molar-refractivity contribution in [1.29, 1.82) is 0 Å². The van der Waals surface area contributed by atoms with Gasteiger partial charge >= 0.3 is 0 Å². The number of hydrogen-bond acceptors (Lipinski definition) is 3. The molecular weight excluding hydrogens is 302 g/mol. The fourth-order valence-electron chi connectivity index (χ4n) is 3.55. The van der Waals surface area contributed by atoms with Gasteiger partial charge in [0.1, 0.15) is 6.10 Å². The Morgan fingerprint density at radius 3 is 2.43 bits per heavy atom. The van der Waals surface area contributed by atoms with Crippen molar-refractivity contribution in [3.8, 4) is 0 Å². The maximum Gasteiger partial charge on any atom is 0.189 e. The number of benzene rings is 2. The Morgan fingerprint density at radius 1 is 0.913 bits per heavy atom. The van der Waals surface area contributed by atoms with Gasteiger partial charge in [0, 0.05) is 22.5 Å². The SMILES string of the molecule is c1ccc(N=C2CC3CCCC(Sc4ccccc4)C3O2)cc1. The normalized spacial score (nSPS) is 28.3. The summed E-state index contributed by atoms with van der Waals surface area (Å²) in [5.74, 6) is 1.55. The van der Waals surface area contributed by atoms with Gasteiger partial charge in [0.15, 0.2) is 5.90 Å². The molecule has 0 N–H and O–H groups in total. The molecule has 3 atom stereocenters. The van der Waals surface area contributed by atoms with Crippen molar-refractivity contribution in [3.05, 3.63) is 60.7 Å². The van der Waals surface area contributed by atoms with Gasteiger partial charge in [-0.2, -0.15) is 0 Å². The minimum Gasteiger partial charge on any atom is -0.476 e. The zero-order chi connectivity index (χ0) is 15.5. The molecule has 118 valence electrons. The van der Waals surface area contributed by atoms with Crippen LogP contribution in [0.5, 0.6) is 0 Å². The molecule has 2 aromatic carbocycles. The van der Waals surface area contributed by atoms with Gasteiger partial charge < -0.3 is 4.74 Å². The molecule has 23 heavy (non-hydrogen) atoms. The Hall–Kier alpha value is -1.74. The van der Waals surface area contributed by atoms with Crippen LogP contribution in [0.4, 0.5) is 5.69 Å². The molecule has 3 unspecified atom stereocenters. The van der Waals surface area contributed by atoms with E-state index in [1.807, 2.05) is 42.1 Å². The molecule has 2 fully saturated rings. The van der Waals surface area contributed by atoms with E-state index in [1.54, 1.807) is 0 Å². The first-order valence-electron chi connectivity index (χ1n) is 8.39. The van der Waals surface area contributed by atoms with E-state index in [2.05, 4.69) is 30.3 Å². The predicted octanol–water partition coefficient (Wildman–Crippen LogP) is 5.47.